The summed E-state index contributed by atoms with van der Waals surface area (Å²) >= 11 is 0. The number of nitrogens with zero attached hydrogens (tertiary/aromatic N) is 3. The Hall–Kier alpha value is -1.71. The normalized spacial score (nSPS) is 10.5. The molecule has 0 unspecified atom stereocenters. The molecule has 0 N–H and O–H groups in total. The smallest absolute Gasteiger partial charge is 0.181 e. The van der Waals surface area contributed by atoms with Gasteiger partial charge in [0.2, 0.25) is 0 Å². The highest BCUT2D eigenvalue weighted by Crippen LogP contribution is 2.15. The predicted octanol–water partition coefficient (Wildman–Crippen LogP) is 1.93. The van der Waals surface area contributed by atoms with E-state index in [0.29, 0.717) is 5.82 Å². The van der Waals surface area contributed by atoms with Gasteiger partial charge >= 0.3 is 0 Å². The fraction of sp³-hybridized carbons (Fsp3) is 0.200. The van der Waals surface area contributed by atoms with Crippen LogP contribution in [0.2, 0.25) is 0 Å². The molecule has 1 aromatic carbocycles. The first-order valence-corrected chi connectivity index (χ1v) is 4.30. The second-order valence-electron chi connectivity index (χ2n) is 3.11. The number of hydrogen-bond acceptors (Lipinski definition) is 2. The van der Waals surface area contributed by atoms with Crippen LogP contribution in [0.15, 0.2) is 24.3 Å². The van der Waals surface area contributed by atoms with Crippen LogP contribution in [0, 0.1) is 12.7 Å². The van der Waals surface area contributed by atoms with Crippen molar-refractivity contribution in [3.8, 4) is 11.4 Å². The second kappa shape index (κ2) is 3.21. The highest BCUT2D eigenvalue weighted by atomic mass is 19.1. The van der Waals surface area contributed by atoms with Gasteiger partial charge in [-0.05, 0) is 31.2 Å². The van der Waals surface area contributed by atoms with Crippen molar-refractivity contribution in [2.24, 2.45) is 7.05 Å². The van der Waals surface area contributed by atoms with Crippen LogP contribution in [-0.2, 0) is 7.05 Å². The van der Waals surface area contributed by atoms with E-state index >= 15 is 0 Å². The van der Waals surface area contributed by atoms with Gasteiger partial charge in [0.25, 0.3) is 0 Å². The van der Waals surface area contributed by atoms with Crippen molar-refractivity contribution in [3.63, 3.8) is 0 Å². The minimum atomic E-state index is -0.249. The Morgan fingerprint density at radius 3 is 2.36 bits per heavy atom. The topological polar surface area (TPSA) is 30.7 Å². The molecule has 4 heteroatoms. The van der Waals surface area contributed by atoms with E-state index in [1.54, 1.807) is 16.8 Å². The monoisotopic (exact) mass is 191 g/mol. The molecule has 14 heavy (non-hydrogen) atoms. The largest absolute Gasteiger partial charge is 0.253 e. The molecule has 2 aromatic rings. The molecule has 0 spiro atoms. The molecule has 0 fully saturated rings. The van der Waals surface area contributed by atoms with Crippen molar-refractivity contribution >= 4 is 0 Å². The van der Waals surface area contributed by atoms with Gasteiger partial charge in [0.05, 0.1) is 0 Å². The van der Waals surface area contributed by atoms with E-state index in [9.17, 15) is 4.39 Å². The van der Waals surface area contributed by atoms with E-state index in [1.807, 2.05) is 14.0 Å². The van der Waals surface area contributed by atoms with Crippen LogP contribution >= 0.6 is 0 Å². The van der Waals surface area contributed by atoms with Crippen LogP contribution in [0.4, 0.5) is 4.39 Å². The van der Waals surface area contributed by atoms with E-state index in [-0.39, 0.29) is 5.82 Å². The van der Waals surface area contributed by atoms with Gasteiger partial charge in [-0.1, -0.05) is 0 Å². The second-order valence-corrected chi connectivity index (χ2v) is 3.11. The van der Waals surface area contributed by atoms with Gasteiger partial charge in [0, 0.05) is 12.6 Å². The summed E-state index contributed by atoms with van der Waals surface area (Å²) in [7, 11) is 1.83. The minimum Gasteiger partial charge on any atom is -0.253 e. The average molecular weight is 191 g/mol. The van der Waals surface area contributed by atoms with Gasteiger partial charge in [0.1, 0.15) is 11.6 Å². The molecular formula is C10H10FN3. The maximum atomic E-state index is 12.6. The highest BCUT2D eigenvalue weighted by molar-refractivity contribution is 5.54. The Morgan fingerprint density at radius 1 is 1.21 bits per heavy atom. The van der Waals surface area contributed by atoms with Crippen molar-refractivity contribution < 1.29 is 4.39 Å². The van der Waals surface area contributed by atoms with Gasteiger partial charge in [-0.2, -0.15) is 5.10 Å². The Kier molecular flexibility index (Phi) is 2.04. The molecule has 0 saturated heterocycles. The number of rotatable bonds is 1. The molecule has 1 aromatic heterocycles. The number of halogens is 1. The number of hydrogen-bond donors (Lipinski definition) is 0. The molecule has 0 aliphatic rings. The Balaban J connectivity index is 2.44. The third-order valence-electron chi connectivity index (χ3n) is 2.08. The van der Waals surface area contributed by atoms with Crippen molar-refractivity contribution in [3.05, 3.63) is 35.9 Å². The van der Waals surface area contributed by atoms with Crippen LogP contribution in [0.5, 0.6) is 0 Å². The lowest BCUT2D eigenvalue weighted by atomic mass is 10.2. The first-order valence-electron chi connectivity index (χ1n) is 4.30. The summed E-state index contributed by atoms with van der Waals surface area (Å²) in [5.74, 6) is 1.22. The molecular weight excluding hydrogens is 181 g/mol. The standard InChI is InChI=1S/C10H10FN3/c1-7-12-10(13-14(7)2)8-3-5-9(11)6-4-8/h3-6H,1-2H3. The minimum absolute atomic E-state index is 0.249. The molecule has 0 atom stereocenters. The van der Waals surface area contributed by atoms with Gasteiger partial charge in [-0.15, -0.1) is 0 Å². The Bertz CT molecular complexity index is 425. The van der Waals surface area contributed by atoms with E-state index in [2.05, 4.69) is 10.1 Å². The van der Waals surface area contributed by atoms with Crippen molar-refractivity contribution in [2.45, 2.75) is 6.92 Å². The third-order valence-corrected chi connectivity index (χ3v) is 2.08. The SMILES string of the molecule is Cc1nc(-c2ccc(F)cc2)nn1C. The first-order chi connectivity index (χ1) is 6.66. The summed E-state index contributed by atoms with van der Waals surface area (Å²) in [4.78, 5) is 4.24. The van der Waals surface area contributed by atoms with Crippen LogP contribution in [0.1, 0.15) is 5.82 Å². The molecule has 0 saturated carbocycles. The van der Waals surface area contributed by atoms with Gasteiger partial charge in [-0.25, -0.2) is 9.37 Å². The zero-order valence-electron chi connectivity index (χ0n) is 8.03. The zero-order valence-corrected chi connectivity index (χ0v) is 8.03. The van der Waals surface area contributed by atoms with Crippen LogP contribution in [0.3, 0.4) is 0 Å². The fourth-order valence-electron chi connectivity index (χ4n) is 1.18. The highest BCUT2D eigenvalue weighted by Gasteiger charge is 2.05. The lowest BCUT2D eigenvalue weighted by Crippen LogP contribution is -1.92. The molecule has 0 bridgehead atoms. The van der Waals surface area contributed by atoms with Crippen molar-refractivity contribution in [1.29, 1.82) is 0 Å². The van der Waals surface area contributed by atoms with E-state index in [4.69, 9.17) is 0 Å². The van der Waals surface area contributed by atoms with Gasteiger partial charge in [-0.3, -0.25) is 4.68 Å². The molecule has 2 rings (SSSR count). The zero-order chi connectivity index (χ0) is 10.1. The van der Waals surface area contributed by atoms with Gasteiger partial charge in [0.15, 0.2) is 5.82 Å². The van der Waals surface area contributed by atoms with Crippen LogP contribution < -0.4 is 0 Å². The summed E-state index contributed by atoms with van der Waals surface area (Å²) in [5, 5.41) is 4.19. The quantitative estimate of drug-likeness (QED) is 0.689. The maximum absolute atomic E-state index is 12.6. The van der Waals surface area contributed by atoms with Crippen molar-refractivity contribution in [1.82, 2.24) is 14.8 Å². The first kappa shape index (κ1) is 8.87. The molecule has 0 aliphatic heterocycles. The molecule has 0 radical (unpaired) electrons. The summed E-state index contributed by atoms with van der Waals surface area (Å²) < 4.78 is 14.3. The lowest BCUT2D eigenvalue weighted by Gasteiger charge is -1.93. The summed E-state index contributed by atoms with van der Waals surface area (Å²) in [5.41, 5.74) is 0.829. The molecule has 0 aliphatic carbocycles. The summed E-state index contributed by atoms with van der Waals surface area (Å²) in [6, 6.07) is 6.15. The predicted molar refractivity (Wildman–Crippen MR) is 51.1 cm³/mol. The average Bonchev–Trinajstić information content (AvgIpc) is 2.48. The summed E-state index contributed by atoms with van der Waals surface area (Å²) in [6.07, 6.45) is 0. The van der Waals surface area contributed by atoms with Gasteiger partial charge < -0.3 is 0 Å². The van der Waals surface area contributed by atoms with Crippen LogP contribution in [-0.4, -0.2) is 14.8 Å². The third kappa shape index (κ3) is 1.51. The molecule has 0 amide bonds. The Labute approximate surface area is 81.2 Å². The number of aromatic nitrogens is 3. The summed E-state index contributed by atoms with van der Waals surface area (Å²) in [6.45, 7) is 1.88. The molecule has 72 valence electrons. The Morgan fingerprint density at radius 2 is 1.86 bits per heavy atom. The lowest BCUT2D eigenvalue weighted by molar-refractivity contribution is 0.628. The van der Waals surface area contributed by atoms with Crippen LogP contribution in [0.25, 0.3) is 11.4 Å². The number of aryl methyl sites for hydroxylation is 2. The number of benzene rings is 1. The molecule has 1 heterocycles. The fourth-order valence-corrected chi connectivity index (χ4v) is 1.18. The van der Waals surface area contributed by atoms with E-state index in [0.717, 1.165) is 11.4 Å². The maximum Gasteiger partial charge on any atom is 0.181 e. The van der Waals surface area contributed by atoms with Crippen molar-refractivity contribution in [2.75, 3.05) is 0 Å². The van der Waals surface area contributed by atoms with E-state index in [1.165, 1.54) is 12.1 Å². The van der Waals surface area contributed by atoms with E-state index < -0.39 is 0 Å². The molecule has 3 nitrogen and oxygen atoms in total.